The molecule has 7 heteroatoms. The first kappa shape index (κ1) is 15.1. The van der Waals surface area contributed by atoms with Crippen molar-refractivity contribution in [2.75, 3.05) is 6.54 Å². The van der Waals surface area contributed by atoms with Gasteiger partial charge in [-0.25, -0.2) is 4.79 Å². The molecule has 0 spiro atoms. The quantitative estimate of drug-likeness (QED) is 0.913. The number of rotatable bonds is 2. The molecule has 2 aliphatic rings. The zero-order valence-corrected chi connectivity index (χ0v) is 11.7. The zero-order valence-electron chi connectivity index (χ0n) is 11.7. The van der Waals surface area contributed by atoms with Gasteiger partial charge in [0.15, 0.2) is 5.60 Å². The first-order valence-electron chi connectivity index (χ1n) is 7.07. The summed E-state index contributed by atoms with van der Waals surface area (Å²) in [6, 6.07) is 7.65. The van der Waals surface area contributed by atoms with Crippen LogP contribution in [0, 0.1) is 5.92 Å². The summed E-state index contributed by atoms with van der Waals surface area (Å²) in [6.07, 6.45) is -5.73. The number of fused-ring (bicyclic) bond motifs is 2. The topological polar surface area (TPSA) is 49.8 Å². The largest absolute Gasteiger partial charge is 0.445 e. The van der Waals surface area contributed by atoms with Gasteiger partial charge in [0.1, 0.15) is 6.61 Å². The summed E-state index contributed by atoms with van der Waals surface area (Å²) in [6.45, 7) is 0.203. The van der Waals surface area contributed by atoms with Crippen LogP contribution in [0.25, 0.3) is 0 Å². The van der Waals surface area contributed by atoms with Crippen LogP contribution in [0.2, 0.25) is 0 Å². The SMILES string of the molecule is O=C(OCc1ccccc1)N1CC2CC1C(O)(C(F)(F)F)C2. The number of carbonyl (C=O) groups excluding carboxylic acids is 1. The molecule has 22 heavy (non-hydrogen) atoms. The Balaban J connectivity index is 1.67. The Labute approximate surface area is 125 Å². The highest BCUT2D eigenvalue weighted by atomic mass is 19.4. The Kier molecular flexibility index (Phi) is 3.55. The number of hydrogen-bond acceptors (Lipinski definition) is 3. The molecule has 0 radical (unpaired) electrons. The van der Waals surface area contributed by atoms with Gasteiger partial charge in [-0.2, -0.15) is 13.2 Å². The number of likely N-dealkylation sites (tertiary alicyclic amines) is 1. The molecule has 1 saturated carbocycles. The second-order valence-corrected chi connectivity index (χ2v) is 5.94. The molecule has 1 aliphatic heterocycles. The molecule has 1 saturated heterocycles. The fourth-order valence-electron chi connectivity index (χ4n) is 3.41. The van der Waals surface area contributed by atoms with Gasteiger partial charge in [-0.1, -0.05) is 30.3 Å². The summed E-state index contributed by atoms with van der Waals surface area (Å²) < 4.78 is 44.3. The maximum Gasteiger partial charge on any atom is 0.419 e. The smallest absolute Gasteiger partial charge is 0.419 e. The molecule has 3 unspecified atom stereocenters. The molecule has 1 aromatic rings. The second-order valence-electron chi connectivity index (χ2n) is 5.94. The van der Waals surface area contributed by atoms with Crippen LogP contribution in [0.15, 0.2) is 30.3 Å². The number of ether oxygens (including phenoxy) is 1. The van der Waals surface area contributed by atoms with Gasteiger partial charge < -0.3 is 14.7 Å². The van der Waals surface area contributed by atoms with Gasteiger partial charge in [-0.3, -0.25) is 0 Å². The first-order valence-corrected chi connectivity index (χ1v) is 7.07. The third-order valence-electron chi connectivity index (χ3n) is 4.47. The Morgan fingerprint density at radius 1 is 1.36 bits per heavy atom. The van der Waals surface area contributed by atoms with Crippen LogP contribution in [0.5, 0.6) is 0 Å². The standard InChI is InChI=1S/C15H16F3NO3/c16-15(17,18)14(21)7-11-6-12(14)19(8-11)13(20)22-9-10-4-2-1-3-5-10/h1-5,11-12,21H,6-9H2. The van der Waals surface area contributed by atoms with Crippen LogP contribution in [0.3, 0.4) is 0 Å². The summed E-state index contributed by atoms with van der Waals surface area (Å²) in [5.41, 5.74) is -2.06. The fraction of sp³-hybridized carbons (Fsp3) is 0.533. The van der Waals surface area contributed by atoms with E-state index in [1.165, 1.54) is 0 Å². The van der Waals surface area contributed by atoms with E-state index in [4.69, 9.17) is 4.74 Å². The van der Waals surface area contributed by atoms with Crippen molar-refractivity contribution in [3.05, 3.63) is 35.9 Å². The summed E-state index contributed by atoms with van der Waals surface area (Å²) in [7, 11) is 0. The molecule has 1 amide bonds. The van der Waals surface area contributed by atoms with Crippen molar-refractivity contribution in [1.29, 1.82) is 0 Å². The highest BCUT2D eigenvalue weighted by molar-refractivity contribution is 5.69. The van der Waals surface area contributed by atoms with Gasteiger partial charge >= 0.3 is 12.3 Å². The maximum atomic E-state index is 13.1. The van der Waals surface area contributed by atoms with E-state index in [-0.39, 0.29) is 31.9 Å². The van der Waals surface area contributed by atoms with Crippen molar-refractivity contribution in [1.82, 2.24) is 4.90 Å². The van der Waals surface area contributed by atoms with E-state index in [2.05, 4.69) is 0 Å². The Morgan fingerprint density at radius 2 is 2.05 bits per heavy atom. The summed E-state index contributed by atoms with van der Waals surface area (Å²) >= 11 is 0. The van der Waals surface area contributed by atoms with Gasteiger partial charge in [-0.15, -0.1) is 0 Å². The fourth-order valence-corrected chi connectivity index (χ4v) is 3.41. The predicted octanol–water partition coefficient (Wildman–Crippen LogP) is 2.71. The molecular formula is C15H16F3NO3. The molecule has 4 nitrogen and oxygen atoms in total. The minimum Gasteiger partial charge on any atom is -0.445 e. The van der Waals surface area contributed by atoms with Crippen molar-refractivity contribution < 1.29 is 27.8 Å². The Bertz CT molecular complexity index is 563. The van der Waals surface area contributed by atoms with Crippen LogP contribution < -0.4 is 0 Å². The van der Waals surface area contributed by atoms with Gasteiger partial charge in [0.2, 0.25) is 0 Å². The third kappa shape index (κ3) is 2.43. The molecule has 1 heterocycles. The van der Waals surface area contributed by atoms with Crippen molar-refractivity contribution >= 4 is 6.09 Å². The number of halogens is 3. The maximum absolute atomic E-state index is 13.1. The Morgan fingerprint density at radius 3 is 2.64 bits per heavy atom. The lowest BCUT2D eigenvalue weighted by molar-refractivity contribution is -0.277. The predicted molar refractivity (Wildman–Crippen MR) is 70.8 cm³/mol. The van der Waals surface area contributed by atoms with Crippen LogP contribution >= 0.6 is 0 Å². The first-order chi connectivity index (χ1) is 10.3. The zero-order chi connectivity index (χ0) is 16.0. The van der Waals surface area contributed by atoms with Crippen LogP contribution in [-0.4, -0.2) is 40.5 Å². The molecular weight excluding hydrogens is 299 g/mol. The van der Waals surface area contributed by atoms with E-state index in [1.807, 2.05) is 6.07 Å². The molecule has 1 N–H and O–H groups in total. The molecule has 2 bridgehead atoms. The van der Waals surface area contributed by atoms with E-state index in [0.717, 1.165) is 10.5 Å². The average molecular weight is 315 g/mol. The number of aliphatic hydroxyl groups is 1. The van der Waals surface area contributed by atoms with Gasteiger partial charge in [0, 0.05) is 6.54 Å². The highest BCUT2D eigenvalue weighted by Crippen LogP contribution is 2.51. The number of alkyl halides is 3. The molecule has 120 valence electrons. The minimum absolute atomic E-state index is 0.00198. The summed E-state index contributed by atoms with van der Waals surface area (Å²) in [5.74, 6) is -0.332. The van der Waals surface area contributed by atoms with E-state index in [0.29, 0.717) is 0 Å². The number of nitrogens with zero attached hydrogens (tertiary/aromatic N) is 1. The number of hydrogen-bond donors (Lipinski definition) is 1. The van der Waals surface area contributed by atoms with Crippen molar-refractivity contribution in [2.24, 2.45) is 5.92 Å². The number of piperidine rings is 1. The molecule has 0 aromatic heterocycles. The lowest BCUT2D eigenvalue weighted by Gasteiger charge is -2.40. The van der Waals surface area contributed by atoms with Crippen LogP contribution in [0.1, 0.15) is 18.4 Å². The van der Waals surface area contributed by atoms with Gasteiger partial charge in [0.05, 0.1) is 6.04 Å². The van der Waals surface area contributed by atoms with E-state index < -0.39 is 23.9 Å². The van der Waals surface area contributed by atoms with Gasteiger partial charge in [0.25, 0.3) is 0 Å². The van der Waals surface area contributed by atoms with E-state index >= 15 is 0 Å². The highest BCUT2D eigenvalue weighted by Gasteiger charge is 2.68. The van der Waals surface area contributed by atoms with Crippen molar-refractivity contribution in [2.45, 2.75) is 37.3 Å². The van der Waals surface area contributed by atoms with Crippen molar-refractivity contribution in [3.63, 3.8) is 0 Å². The van der Waals surface area contributed by atoms with Crippen LogP contribution in [-0.2, 0) is 11.3 Å². The van der Waals surface area contributed by atoms with Crippen molar-refractivity contribution in [3.8, 4) is 0 Å². The van der Waals surface area contributed by atoms with E-state index in [1.54, 1.807) is 24.3 Å². The third-order valence-corrected chi connectivity index (χ3v) is 4.47. The monoisotopic (exact) mass is 315 g/mol. The Hall–Kier alpha value is -1.76. The molecule has 2 fully saturated rings. The molecule has 3 rings (SSSR count). The second kappa shape index (κ2) is 5.15. The summed E-state index contributed by atoms with van der Waals surface area (Å²) in [5, 5.41) is 9.95. The average Bonchev–Trinajstić information content (AvgIpc) is 3.03. The number of benzene rings is 1. The van der Waals surface area contributed by atoms with E-state index in [9.17, 15) is 23.1 Å². The normalized spacial score (nSPS) is 30.6. The lowest BCUT2D eigenvalue weighted by Crippen LogP contribution is -2.60. The molecule has 1 aliphatic carbocycles. The summed E-state index contributed by atoms with van der Waals surface area (Å²) in [4.78, 5) is 13.1. The lowest BCUT2D eigenvalue weighted by atomic mass is 9.92. The molecule has 3 atom stereocenters. The number of carbonyl (C=O) groups is 1. The van der Waals surface area contributed by atoms with Crippen LogP contribution in [0.4, 0.5) is 18.0 Å². The number of amides is 1. The molecule has 1 aromatic carbocycles. The van der Waals surface area contributed by atoms with Gasteiger partial charge in [-0.05, 0) is 24.3 Å². The minimum atomic E-state index is -4.75.